The first kappa shape index (κ1) is 28.8. The standard InChI is InChI=1S/C32H44N4S2/c1-3-5-7-9-11-13-15-23-29-33-35-31(37-29)27-21-17-20-26-25(27)19-18-22-28(26)32-36-34-30(38-32)24-16-14-12-10-8-6-4-2/h17-22H,3-16,23-24H2,1-2H3. The van der Waals surface area contributed by atoms with E-state index in [0.717, 1.165) is 32.9 Å². The van der Waals surface area contributed by atoms with E-state index in [-0.39, 0.29) is 0 Å². The fraction of sp³-hybridized carbons (Fsp3) is 0.562. The molecule has 0 aliphatic carbocycles. The van der Waals surface area contributed by atoms with E-state index in [4.69, 9.17) is 0 Å². The Labute approximate surface area is 237 Å². The smallest absolute Gasteiger partial charge is 0.143 e. The van der Waals surface area contributed by atoms with Crippen molar-refractivity contribution in [2.24, 2.45) is 0 Å². The lowest BCUT2D eigenvalue weighted by molar-refractivity contribution is 0.588. The summed E-state index contributed by atoms with van der Waals surface area (Å²) in [5, 5.41) is 25.0. The third-order valence-electron chi connectivity index (χ3n) is 7.30. The zero-order chi connectivity index (χ0) is 26.4. The van der Waals surface area contributed by atoms with Gasteiger partial charge in [0.05, 0.1) is 0 Å². The average Bonchev–Trinajstić information content (AvgIpc) is 3.61. The number of hydrogen-bond acceptors (Lipinski definition) is 6. The molecule has 2 aromatic carbocycles. The Hall–Kier alpha value is -2.18. The molecular weight excluding hydrogens is 505 g/mol. The van der Waals surface area contributed by atoms with Crippen molar-refractivity contribution in [1.82, 2.24) is 20.4 Å². The molecule has 4 nitrogen and oxygen atoms in total. The molecule has 0 fully saturated rings. The number of nitrogens with zero attached hydrogens (tertiary/aromatic N) is 4. The highest BCUT2D eigenvalue weighted by molar-refractivity contribution is 7.15. The summed E-state index contributed by atoms with van der Waals surface area (Å²) in [4.78, 5) is 0. The number of unbranched alkanes of at least 4 members (excludes halogenated alkanes) is 12. The molecule has 0 spiro atoms. The maximum absolute atomic E-state index is 4.59. The van der Waals surface area contributed by atoms with Crippen LogP contribution in [0, 0.1) is 0 Å². The van der Waals surface area contributed by atoms with Crippen LogP contribution in [-0.2, 0) is 12.8 Å². The van der Waals surface area contributed by atoms with Crippen molar-refractivity contribution in [3.8, 4) is 21.1 Å². The Morgan fingerprint density at radius 2 is 0.868 bits per heavy atom. The fourth-order valence-corrected chi connectivity index (χ4v) is 6.92. The van der Waals surface area contributed by atoms with Gasteiger partial charge in [-0.05, 0) is 23.6 Å². The second-order valence-corrected chi connectivity index (χ2v) is 12.6. The van der Waals surface area contributed by atoms with E-state index in [1.165, 1.54) is 112 Å². The van der Waals surface area contributed by atoms with Crippen molar-refractivity contribution >= 4 is 33.4 Å². The number of fused-ring (bicyclic) bond motifs is 1. The molecule has 0 aliphatic rings. The van der Waals surface area contributed by atoms with E-state index < -0.39 is 0 Å². The van der Waals surface area contributed by atoms with Crippen LogP contribution < -0.4 is 0 Å². The molecule has 38 heavy (non-hydrogen) atoms. The van der Waals surface area contributed by atoms with Gasteiger partial charge >= 0.3 is 0 Å². The number of aromatic nitrogens is 4. The van der Waals surface area contributed by atoms with E-state index in [2.05, 4.69) is 70.6 Å². The normalized spacial score (nSPS) is 11.5. The summed E-state index contributed by atoms with van der Waals surface area (Å²) in [6.07, 6.45) is 20.6. The maximum atomic E-state index is 4.59. The van der Waals surface area contributed by atoms with Crippen molar-refractivity contribution in [3.63, 3.8) is 0 Å². The highest BCUT2D eigenvalue weighted by atomic mass is 32.1. The zero-order valence-corrected chi connectivity index (χ0v) is 25.0. The highest BCUT2D eigenvalue weighted by Crippen LogP contribution is 2.37. The molecule has 0 saturated carbocycles. The third-order valence-corrected chi connectivity index (χ3v) is 9.34. The summed E-state index contributed by atoms with van der Waals surface area (Å²) in [5.41, 5.74) is 2.33. The van der Waals surface area contributed by atoms with Crippen LogP contribution in [0.4, 0.5) is 0 Å². The predicted molar refractivity (Wildman–Crippen MR) is 165 cm³/mol. The second kappa shape index (κ2) is 16.0. The van der Waals surface area contributed by atoms with Crippen LogP contribution in [0.1, 0.15) is 114 Å². The summed E-state index contributed by atoms with van der Waals surface area (Å²) < 4.78 is 0. The van der Waals surface area contributed by atoms with E-state index >= 15 is 0 Å². The van der Waals surface area contributed by atoms with Crippen molar-refractivity contribution < 1.29 is 0 Å². The van der Waals surface area contributed by atoms with Crippen molar-refractivity contribution in [2.45, 2.75) is 117 Å². The summed E-state index contributed by atoms with van der Waals surface area (Å²) in [6.45, 7) is 4.54. The molecular formula is C32H44N4S2. The maximum Gasteiger partial charge on any atom is 0.148 e. The minimum Gasteiger partial charge on any atom is -0.143 e. The molecule has 0 amide bonds. The second-order valence-electron chi connectivity index (χ2n) is 10.5. The van der Waals surface area contributed by atoms with Crippen LogP contribution in [0.2, 0.25) is 0 Å². The van der Waals surface area contributed by atoms with Crippen LogP contribution in [0.25, 0.3) is 31.9 Å². The predicted octanol–water partition coefficient (Wildman–Crippen LogP) is 10.5. The quantitative estimate of drug-likeness (QED) is 0.116. The van der Waals surface area contributed by atoms with Crippen LogP contribution in [0.5, 0.6) is 0 Å². The monoisotopic (exact) mass is 548 g/mol. The molecule has 4 rings (SSSR count). The van der Waals surface area contributed by atoms with Crippen molar-refractivity contribution in [1.29, 1.82) is 0 Å². The lowest BCUT2D eigenvalue weighted by Gasteiger charge is -2.07. The summed E-state index contributed by atoms with van der Waals surface area (Å²) in [5.74, 6) is 0. The van der Waals surface area contributed by atoms with Gasteiger partial charge in [0.1, 0.15) is 20.0 Å². The van der Waals surface area contributed by atoms with E-state index in [9.17, 15) is 0 Å². The molecule has 2 aromatic heterocycles. The Balaban J connectivity index is 1.37. The molecule has 0 atom stereocenters. The Morgan fingerprint density at radius 3 is 1.29 bits per heavy atom. The highest BCUT2D eigenvalue weighted by Gasteiger charge is 2.14. The van der Waals surface area contributed by atoms with Gasteiger partial charge in [-0.25, -0.2) is 0 Å². The molecule has 0 aliphatic heterocycles. The summed E-state index contributed by atoms with van der Waals surface area (Å²) in [6, 6.07) is 13.0. The third kappa shape index (κ3) is 8.41. The number of rotatable bonds is 18. The van der Waals surface area contributed by atoms with Crippen molar-refractivity contribution in [3.05, 3.63) is 46.4 Å². The van der Waals surface area contributed by atoms with Gasteiger partial charge in [-0.2, -0.15) is 0 Å². The fourth-order valence-electron chi connectivity index (χ4n) is 5.08. The van der Waals surface area contributed by atoms with Gasteiger partial charge < -0.3 is 0 Å². The zero-order valence-electron chi connectivity index (χ0n) is 23.4. The van der Waals surface area contributed by atoms with E-state index in [1.807, 2.05) is 0 Å². The molecule has 4 aromatic rings. The topological polar surface area (TPSA) is 51.6 Å². The van der Waals surface area contributed by atoms with Crippen molar-refractivity contribution in [2.75, 3.05) is 0 Å². The number of aryl methyl sites for hydroxylation is 2. The SMILES string of the molecule is CCCCCCCCCc1nnc(-c2cccc3c(-c4nnc(CCCCCCCCC)s4)cccc23)s1. The first-order valence-corrected chi connectivity index (χ1v) is 16.6. The Kier molecular flexibility index (Phi) is 12.2. The lowest BCUT2D eigenvalue weighted by Crippen LogP contribution is -1.86. The molecule has 0 bridgehead atoms. The average molecular weight is 549 g/mol. The first-order valence-electron chi connectivity index (χ1n) is 15.0. The largest absolute Gasteiger partial charge is 0.148 e. The summed E-state index contributed by atoms with van der Waals surface area (Å²) >= 11 is 3.50. The Morgan fingerprint density at radius 1 is 0.474 bits per heavy atom. The van der Waals surface area contributed by atoms with Crippen LogP contribution >= 0.6 is 22.7 Å². The van der Waals surface area contributed by atoms with Crippen LogP contribution in [-0.4, -0.2) is 20.4 Å². The van der Waals surface area contributed by atoms with Crippen LogP contribution in [0.3, 0.4) is 0 Å². The van der Waals surface area contributed by atoms with E-state index in [1.54, 1.807) is 22.7 Å². The van der Waals surface area contributed by atoms with Gasteiger partial charge in [0.15, 0.2) is 0 Å². The molecule has 0 radical (unpaired) electrons. The minimum atomic E-state index is 1.02. The van der Waals surface area contributed by atoms with Gasteiger partial charge in [0.25, 0.3) is 0 Å². The molecule has 2 heterocycles. The lowest BCUT2D eigenvalue weighted by atomic mass is 10.0. The molecule has 6 heteroatoms. The minimum absolute atomic E-state index is 1.02. The van der Waals surface area contributed by atoms with Gasteiger partial charge in [0, 0.05) is 24.0 Å². The number of hydrogen-bond donors (Lipinski definition) is 0. The summed E-state index contributed by atoms with van der Waals surface area (Å²) in [7, 11) is 0. The molecule has 204 valence electrons. The molecule has 0 unspecified atom stereocenters. The molecule has 0 N–H and O–H groups in total. The van der Waals surface area contributed by atoms with Gasteiger partial charge in [-0.3, -0.25) is 0 Å². The van der Waals surface area contributed by atoms with Gasteiger partial charge in [-0.15, -0.1) is 20.4 Å². The Bertz CT molecular complexity index is 1130. The van der Waals surface area contributed by atoms with Crippen LogP contribution in [0.15, 0.2) is 36.4 Å². The first-order chi connectivity index (χ1) is 18.8. The van der Waals surface area contributed by atoms with E-state index in [0.29, 0.717) is 0 Å². The molecule has 0 saturated heterocycles. The number of benzene rings is 2. The van der Waals surface area contributed by atoms with Gasteiger partial charge in [-0.1, -0.05) is 150 Å². The van der Waals surface area contributed by atoms with Gasteiger partial charge in [0.2, 0.25) is 0 Å².